The normalized spacial score (nSPS) is 15.6. The Morgan fingerprint density at radius 3 is 2.54 bits per heavy atom. The lowest BCUT2D eigenvalue weighted by Gasteiger charge is -2.12. The summed E-state index contributed by atoms with van der Waals surface area (Å²) in [6.45, 7) is 7.43. The number of hydrogen-bond donors (Lipinski definition) is 1. The molecule has 0 aromatic rings. The van der Waals surface area contributed by atoms with Gasteiger partial charge < -0.3 is 5.32 Å². The smallest absolute Gasteiger partial charge is 0.0386 e. The van der Waals surface area contributed by atoms with Crippen molar-refractivity contribution in [3.05, 3.63) is 0 Å². The molecule has 2 nitrogen and oxygen atoms in total. The minimum Gasteiger partial charge on any atom is -0.313 e. The fourth-order valence-electron chi connectivity index (χ4n) is 1.12. The molecule has 0 amide bonds. The van der Waals surface area contributed by atoms with Crippen molar-refractivity contribution in [1.29, 1.82) is 0 Å². The maximum atomic E-state index is 11.4. The summed E-state index contributed by atoms with van der Waals surface area (Å²) in [5.74, 6) is 1.68. The van der Waals surface area contributed by atoms with Crippen LogP contribution < -0.4 is 5.32 Å². The summed E-state index contributed by atoms with van der Waals surface area (Å²) in [6, 6.07) is 0.401. The molecule has 0 aliphatic carbocycles. The third-order valence-corrected chi connectivity index (χ3v) is 3.52. The fourth-order valence-corrected chi connectivity index (χ4v) is 2.57. The van der Waals surface area contributed by atoms with Crippen LogP contribution in [0, 0.1) is 0 Å². The van der Waals surface area contributed by atoms with E-state index in [4.69, 9.17) is 0 Å². The van der Waals surface area contributed by atoms with E-state index in [-0.39, 0.29) is 0 Å². The van der Waals surface area contributed by atoms with E-state index in [0.29, 0.717) is 6.04 Å². The monoisotopic (exact) mass is 205 g/mol. The highest BCUT2D eigenvalue weighted by Crippen LogP contribution is 1.95. The van der Waals surface area contributed by atoms with Gasteiger partial charge in [-0.15, -0.1) is 0 Å². The number of hydrogen-bond acceptors (Lipinski definition) is 2. The Kier molecular flexibility index (Phi) is 8.77. The van der Waals surface area contributed by atoms with Crippen molar-refractivity contribution < 1.29 is 4.21 Å². The third-order valence-electron chi connectivity index (χ3n) is 1.90. The lowest BCUT2D eigenvalue weighted by molar-refractivity contribution is 0.581. The first kappa shape index (κ1) is 13.1. The van der Waals surface area contributed by atoms with Crippen molar-refractivity contribution in [2.24, 2.45) is 0 Å². The van der Waals surface area contributed by atoms with Crippen molar-refractivity contribution in [2.45, 2.75) is 46.1 Å². The molecule has 0 radical (unpaired) electrons. The van der Waals surface area contributed by atoms with Gasteiger partial charge in [-0.25, -0.2) is 0 Å². The molecule has 3 heteroatoms. The number of rotatable bonds is 8. The molecule has 0 spiro atoms. The Morgan fingerprint density at radius 2 is 2.00 bits per heavy atom. The maximum Gasteiger partial charge on any atom is 0.0386 e. The predicted molar refractivity (Wildman–Crippen MR) is 60.5 cm³/mol. The zero-order valence-electron chi connectivity index (χ0n) is 9.14. The number of unbranched alkanes of at least 4 members (excludes halogenated alkanes) is 1. The van der Waals surface area contributed by atoms with E-state index in [1.165, 1.54) is 0 Å². The first-order chi connectivity index (χ1) is 6.20. The average Bonchev–Trinajstić information content (AvgIpc) is 2.11. The van der Waals surface area contributed by atoms with Crippen molar-refractivity contribution in [3.63, 3.8) is 0 Å². The zero-order chi connectivity index (χ0) is 10.1. The summed E-state index contributed by atoms with van der Waals surface area (Å²) < 4.78 is 11.4. The zero-order valence-corrected chi connectivity index (χ0v) is 9.95. The molecule has 0 aliphatic heterocycles. The first-order valence-electron chi connectivity index (χ1n) is 5.29. The van der Waals surface area contributed by atoms with Crippen LogP contribution in [0.1, 0.15) is 40.0 Å². The van der Waals surface area contributed by atoms with Crippen LogP contribution in [-0.2, 0) is 10.8 Å². The average molecular weight is 205 g/mol. The van der Waals surface area contributed by atoms with E-state index in [9.17, 15) is 4.21 Å². The third kappa shape index (κ3) is 8.44. The second kappa shape index (κ2) is 8.70. The van der Waals surface area contributed by atoms with Gasteiger partial charge in [-0.1, -0.05) is 20.3 Å². The van der Waals surface area contributed by atoms with Crippen LogP contribution in [0.4, 0.5) is 0 Å². The molecule has 2 unspecified atom stereocenters. The summed E-state index contributed by atoms with van der Waals surface area (Å²) >= 11 is 0. The van der Waals surface area contributed by atoms with Crippen LogP contribution >= 0.6 is 0 Å². The highest BCUT2D eigenvalue weighted by atomic mass is 32.2. The van der Waals surface area contributed by atoms with E-state index in [1.54, 1.807) is 0 Å². The Morgan fingerprint density at radius 1 is 1.31 bits per heavy atom. The van der Waals surface area contributed by atoms with Crippen molar-refractivity contribution in [1.82, 2.24) is 5.32 Å². The van der Waals surface area contributed by atoms with Crippen LogP contribution in [0.3, 0.4) is 0 Å². The molecular formula is C10H23NOS. The Labute approximate surface area is 84.9 Å². The molecule has 0 aromatic carbocycles. The van der Waals surface area contributed by atoms with Gasteiger partial charge in [0.25, 0.3) is 0 Å². The van der Waals surface area contributed by atoms with E-state index in [0.717, 1.165) is 37.3 Å². The molecule has 0 saturated heterocycles. The summed E-state index contributed by atoms with van der Waals surface area (Å²) in [5.41, 5.74) is 0. The second-order valence-corrected chi connectivity index (χ2v) is 5.14. The lowest BCUT2D eigenvalue weighted by atomic mass is 10.3. The summed E-state index contributed by atoms with van der Waals surface area (Å²) in [7, 11) is -0.616. The van der Waals surface area contributed by atoms with Gasteiger partial charge in [-0.05, 0) is 26.3 Å². The van der Waals surface area contributed by atoms with Crippen LogP contribution in [0.15, 0.2) is 0 Å². The summed E-state index contributed by atoms with van der Waals surface area (Å²) in [4.78, 5) is 0. The molecule has 0 aromatic heterocycles. The summed E-state index contributed by atoms with van der Waals surface area (Å²) in [5, 5.41) is 3.35. The molecule has 80 valence electrons. The highest BCUT2D eigenvalue weighted by molar-refractivity contribution is 7.85. The molecule has 0 fully saturated rings. The van der Waals surface area contributed by atoms with Crippen LogP contribution in [0.5, 0.6) is 0 Å². The minimum absolute atomic E-state index is 0.401. The van der Waals surface area contributed by atoms with Crippen molar-refractivity contribution in [2.75, 3.05) is 18.1 Å². The maximum absolute atomic E-state index is 11.4. The van der Waals surface area contributed by atoms with E-state index in [2.05, 4.69) is 26.1 Å². The second-order valence-electron chi connectivity index (χ2n) is 3.52. The van der Waals surface area contributed by atoms with Gasteiger partial charge in [0.05, 0.1) is 0 Å². The molecule has 1 N–H and O–H groups in total. The molecule has 2 atom stereocenters. The molecule has 13 heavy (non-hydrogen) atoms. The van der Waals surface area contributed by atoms with Gasteiger partial charge in [-0.3, -0.25) is 4.21 Å². The number of nitrogens with one attached hydrogen (secondary N) is 1. The largest absolute Gasteiger partial charge is 0.313 e. The first-order valence-corrected chi connectivity index (χ1v) is 6.77. The summed E-state index contributed by atoms with van der Waals surface area (Å²) in [6.07, 6.45) is 3.38. The Bertz CT molecular complexity index is 139. The molecular weight excluding hydrogens is 182 g/mol. The van der Waals surface area contributed by atoms with E-state index in [1.807, 2.05) is 0 Å². The fraction of sp³-hybridized carbons (Fsp3) is 1.00. The van der Waals surface area contributed by atoms with Gasteiger partial charge in [0.2, 0.25) is 0 Å². The van der Waals surface area contributed by atoms with Gasteiger partial charge >= 0.3 is 0 Å². The van der Waals surface area contributed by atoms with E-state index >= 15 is 0 Å². The minimum atomic E-state index is -0.616. The quantitative estimate of drug-likeness (QED) is 0.656. The predicted octanol–water partition coefficient (Wildman–Crippen LogP) is 1.92. The SMILES string of the molecule is CCCCS(=O)CC(C)NCCC. The van der Waals surface area contributed by atoms with Gasteiger partial charge in [0.1, 0.15) is 0 Å². The van der Waals surface area contributed by atoms with Gasteiger partial charge in [0, 0.05) is 28.3 Å². The van der Waals surface area contributed by atoms with Gasteiger partial charge in [0.15, 0.2) is 0 Å². The topological polar surface area (TPSA) is 29.1 Å². The highest BCUT2D eigenvalue weighted by Gasteiger charge is 2.05. The molecule has 0 aliphatic rings. The molecule has 0 rings (SSSR count). The molecule has 0 bridgehead atoms. The van der Waals surface area contributed by atoms with E-state index < -0.39 is 10.8 Å². The molecule has 0 heterocycles. The van der Waals surface area contributed by atoms with Crippen LogP contribution in [-0.4, -0.2) is 28.3 Å². The Hall–Kier alpha value is 0.110. The van der Waals surface area contributed by atoms with Crippen molar-refractivity contribution in [3.8, 4) is 0 Å². The lowest BCUT2D eigenvalue weighted by Crippen LogP contribution is -2.32. The molecule has 0 saturated carbocycles. The van der Waals surface area contributed by atoms with Crippen LogP contribution in [0.25, 0.3) is 0 Å². The Balaban J connectivity index is 3.41. The van der Waals surface area contributed by atoms with Gasteiger partial charge in [-0.2, -0.15) is 0 Å². The van der Waals surface area contributed by atoms with Crippen LogP contribution in [0.2, 0.25) is 0 Å². The van der Waals surface area contributed by atoms with Crippen molar-refractivity contribution >= 4 is 10.8 Å². The standard InChI is InChI=1S/C10H23NOS/c1-4-6-8-13(12)9-10(3)11-7-5-2/h10-11H,4-9H2,1-3H3.